The zero-order valence-corrected chi connectivity index (χ0v) is 37.6. The van der Waals surface area contributed by atoms with Crippen molar-refractivity contribution < 1.29 is 58.2 Å². The van der Waals surface area contributed by atoms with Crippen LogP contribution in [0, 0.1) is 20.8 Å². The SMILES string of the molecule is COc1ccc(Nc2ccc3c(O)c(N=Nc4cc(OCCCS(=O)(=O)O)c(N=Nc5cc(C)c(N=Nc6ccc(OC)cc6S(=O)(=O)O)cc5C)cc4C)c(S(=O)(=O)O)cc3c2)cc1. The topological polar surface area (TPSA) is 297 Å². The summed E-state index contributed by atoms with van der Waals surface area (Å²) in [5, 5.41) is 40.2. The van der Waals surface area contributed by atoms with E-state index in [9.17, 15) is 44.0 Å². The van der Waals surface area contributed by atoms with Crippen LogP contribution in [0.3, 0.4) is 0 Å². The van der Waals surface area contributed by atoms with Crippen molar-refractivity contribution in [3.8, 4) is 23.0 Å². The van der Waals surface area contributed by atoms with Crippen molar-refractivity contribution in [2.75, 3.05) is 31.9 Å². The molecule has 0 radical (unpaired) electrons. The number of anilines is 2. The fourth-order valence-electron chi connectivity index (χ4n) is 6.18. The average molecular weight is 948 g/mol. The van der Waals surface area contributed by atoms with Crippen molar-refractivity contribution in [2.24, 2.45) is 30.7 Å². The summed E-state index contributed by atoms with van der Waals surface area (Å²) in [7, 11) is -11.0. The van der Waals surface area contributed by atoms with Crippen LogP contribution < -0.4 is 19.5 Å². The number of phenolic OH excluding ortho intramolecular Hbond substituents is 1. The van der Waals surface area contributed by atoms with Crippen molar-refractivity contribution in [1.29, 1.82) is 0 Å². The minimum Gasteiger partial charge on any atom is -0.505 e. The third-order valence-corrected chi connectivity index (χ3v) is 12.1. The maximum atomic E-state index is 12.7. The number of ether oxygens (including phenoxy) is 3. The number of hydrogen-bond donors (Lipinski definition) is 5. The van der Waals surface area contributed by atoms with Gasteiger partial charge in [0.25, 0.3) is 30.4 Å². The van der Waals surface area contributed by atoms with E-state index in [-0.39, 0.29) is 52.4 Å². The summed E-state index contributed by atoms with van der Waals surface area (Å²) < 4.78 is 117. The lowest BCUT2D eigenvalue weighted by Gasteiger charge is -2.13. The first-order chi connectivity index (χ1) is 30.6. The molecule has 0 unspecified atom stereocenters. The zero-order chi connectivity index (χ0) is 47.3. The highest BCUT2D eigenvalue weighted by Crippen LogP contribution is 2.44. The van der Waals surface area contributed by atoms with E-state index in [2.05, 4.69) is 36.0 Å². The largest absolute Gasteiger partial charge is 0.505 e. The molecule has 5 N–H and O–H groups in total. The zero-order valence-electron chi connectivity index (χ0n) is 35.2. The molecule has 0 saturated heterocycles. The summed E-state index contributed by atoms with van der Waals surface area (Å²) in [4.78, 5) is -1.22. The Morgan fingerprint density at radius 3 is 1.66 bits per heavy atom. The first-order valence-electron chi connectivity index (χ1n) is 19.1. The Balaban J connectivity index is 1.32. The molecule has 0 aliphatic heterocycles. The minimum atomic E-state index is -4.97. The number of methoxy groups -OCH3 is 2. The van der Waals surface area contributed by atoms with Gasteiger partial charge in [-0.3, -0.25) is 13.7 Å². The quantitative estimate of drug-likeness (QED) is 0.0323. The number of hydrogen-bond acceptors (Lipinski definition) is 17. The third kappa shape index (κ3) is 12.0. The molecule has 6 aromatic rings. The van der Waals surface area contributed by atoms with E-state index in [1.807, 2.05) is 0 Å². The monoisotopic (exact) mass is 947 g/mol. The maximum absolute atomic E-state index is 12.7. The van der Waals surface area contributed by atoms with Crippen molar-refractivity contribution in [3.05, 3.63) is 108 Å². The lowest BCUT2D eigenvalue weighted by Crippen LogP contribution is -2.08. The van der Waals surface area contributed by atoms with E-state index >= 15 is 0 Å². The predicted molar refractivity (Wildman–Crippen MR) is 241 cm³/mol. The average Bonchev–Trinajstić information content (AvgIpc) is 3.24. The van der Waals surface area contributed by atoms with Crippen LogP contribution in [0.1, 0.15) is 23.1 Å². The summed E-state index contributed by atoms with van der Waals surface area (Å²) in [5.41, 5.74) is 3.12. The molecule has 65 heavy (non-hydrogen) atoms. The number of phenols is 1. The van der Waals surface area contributed by atoms with Gasteiger partial charge in [0.2, 0.25) is 0 Å². The van der Waals surface area contributed by atoms with Crippen LogP contribution in [0.15, 0.2) is 131 Å². The van der Waals surface area contributed by atoms with Gasteiger partial charge in [0, 0.05) is 28.9 Å². The molecular weight excluding hydrogens is 907 g/mol. The molecule has 0 heterocycles. The molecule has 6 aromatic carbocycles. The second-order valence-electron chi connectivity index (χ2n) is 14.3. The van der Waals surface area contributed by atoms with Crippen LogP contribution in [0.25, 0.3) is 10.8 Å². The summed E-state index contributed by atoms with van der Waals surface area (Å²) >= 11 is 0. The van der Waals surface area contributed by atoms with E-state index in [1.54, 1.807) is 82.5 Å². The van der Waals surface area contributed by atoms with Gasteiger partial charge in [-0.1, -0.05) is 0 Å². The number of aryl methyl sites for hydroxylation is 3. The van der Waals surface area contributed by atoms with E-state index < -0.39 is 57.3 Å². The molecule has 0 aliphatic rings. The van der Waals surface area contributed by atoms with Gasteiger partial charge >= 0.3 is 0 Å². The van der Waals surface area contributed by atoms with Crippen LogP contribution in [0.5, 0.6) is 23.0 Å². The molecule has 0 spiro atoms. The molecule has 0 amide bonds. The number of rotatable bonds is 17. The molecule has 0 aliphatic carbocycles. The molecule has 0 bridgehead atoms. The van der Waals surface area contributed by atoms with E-state index in [4.69, 9.17) is 14.2 Å². The Hall–Kier alpha value is -6.89. The molecule has 0 saturated carbocycles. The first kappa shape index (κ1) is 47.6. The van der Waals surface area contributed by atoms with Crippen molar-refractivity contribution in [1.82, 2.24) is 0 Å². The number of benzene rings is 6. The predicted octanol–water partition coefficient (Wildman–Crippen LogP) is 10.6. The Labute approximate surface area is 373 Å². The molecule has 6 rings (SSSR count). The number of azo groups is 3. The van der Waals surface area contributed by atoms with Crippen molar-refractivity contribution >= 4 is 86.6 Å². The highest BCUT2D eigenvalue weighted by Gasteiger charge is 2.23. The van der Waals surface area contributed by atoms with Gasteiger partial charge in [-0.15, -0.1) is 20.5 Å². The highest BCUT2D eigenvalue weighted by atomic mass is 32.2. The molecule has 0 aromatic heterocycles. The molecule has 0 fully saturated rings. The summed E-state index contributed by atoms with van der Waals surface area (Å²) in [6.07, 6.45) is -0.114. The fraction of sp³-hybridized carbons (Fsp3) is 0.190. The molecule has 20 nitrogen and oxygen atoms in total. The van der Waals surface area contributed by atoms with Crippen molar-refractivity contribution in [2.45, 2.75) is 37.0 Å². The second kappa shape index (κ2) is 19.5. The van der Waals surface area contributed by atoms with Crippen LogP contribution in [0.2, 0.25) is 0 Å². The number of nitrogens with zero attached hydrogens (tertiary/aromatic N) is 6. The van der Waals surface area contributed by atoms with E-state index in [0.717, 1.165) is 12.1 Å². The lowest BCUT2D eigenvalue weighted by molar-refractivity contribution is 0.317. The van der Waals surface area contributed by atoms with Crippen LogP contribution >= 0.6 is 0 Å². The van der Waals surface area contributed by atoms with Gasteiger partial charge in [-0.2, -0.15) is 35.5 Å². The Bertz CT molecular complexity index is 3240. The van der Waals surface area contributed by atoms with E-state index in [1.165, 1.54) is 31.4 Å². The van der Waals surface area contributed by atoms with Crippen molar-refractivity contribution in [3.63, 3.8) is 0 Å². The third-order valence-electron chi connectivity index (χ3n) is 9.54. The second-order valence-corrected chi connectivity index (χ2v) is 18.6. The molecule has 340 valence electrons. The van der Waals surface area contributed by atoms with E-state index in [0.29, 0.717) is 45.2 Å². The lowest BCUT2D eigenvalue weighted by atomic mass is 10.1. The minimum absolute atomic E-state index is 0.0344. The Morgan fingerprint density at radius 2 is 1.08 bits per heavy atom. The summed E-state index contributed by atoms with van der Waals surface area (Å²) in [5.74, 6) is -0.312. The van der Waals surface area contributed by atoms with Gasteiger partial charge in [0.1, 0.15) is 44.1 Å². The number of fused-ring (bicyclic) bond motifs is 1. The van der Waals surface area contributed by atoms with Crippen LogP contribution in [-0.4, -0.2) is 70.6 Å². The smallest absolute Gasteiger partial charge is 0.296 e. The van der Waals surface area contributed by atoms with Gasteiger partial charge in [0.15, 0.2) is 5.75 Å². The Morgan fingerprint density at radius 1 is 0.554 bits per heavy atom. The van der Waals surface area contributed by atoms with Gasteiger partial charge in [-0.25, -0.2) is 0 Å². The normalized spacial score (nSPS) is 12.4. The molecule has 0 atom stereocenters. The Kier molecular flexibility index (Phi) is 14.3. The first-order valence-corrected chi connectivity index (χ1v) is 23.6. The maximum Gasteiger partial charge on any atom is 0.296 e. The van der Waals surface area contributed by atoms with Gasteiger partial charge in [-0.05, 0) is 128 Å². The van der Waals surface area contributed by atoms with Crippen LogP contribution in [0.4, 0.5) is 45.5 Å². The summed E-state index contributed by atoms with van der Waals surface area (Å²) in [6.45, 7) is 4.84. The standard InChI is InChI=1S/C42H41N7O13S3/c1-24-18-35(25(2)17-34(24)45-44-33-14-12-31(61-5)22-39(33)64(54,55)56)46-48-37-19-26(3)36(23-38(37)62-15-6-16-63(51,52)53)47-49-41-40(65(57,58)59)21-27-20-29(9-13-32(27)42(41)50)43-28-7-10-30(60-4)11-8-28/h7-14,17-23,43,50H,6,15-16H2,1-5H3,(H,51,52,53)(H,54,55,56)(H,57,58,59). The number of aromatic hydroxyl groups is 1. The summed E-state index contributed by atoms with van der Waals surface area (Å²) in [6, 6.07) is 23.1. The van der Waals surface area contributed by atoms with Gasteiger partial charge < -0.3 is 24.6 Å². The fourth-order valence-corrected chi connectivity index (χ4v) is 7.96. The molecule has 23 heteroatoms. The molecular formula is C42H41N7O13S3. The van der Waals surface area contributed by atoms with Crippen LogP contribution in [-0.2, 0) is 30.4 Å². The number of nitrogens with one attached hydrogen (secondary N) is 1. The highest BCUT2D eigenvalue weighted by molar-refractivity contribution is 7.86. The van der Waals surface area contributed by atoms with Gasteiger partial charge in [0.05, 0.1) is 43.6 Å².